The minimum Gasteiger partial charge on any atom is -0.290 e. The number of aryl methyl sites for hydroxylation is 1. The molecule has 0 bridgehead atoms. The molecule has 134 valence electrons. The Morgan fingerprint density at radius 3 is 2.58 bits per heavy atom. The third kappa shape index (κ3) is 3.72. The molecule has 0 fully saturated rings. The van der Waals surface area contributed by atoms with Crippen molar-refractivity contribution in [3.8, 4) is 6.07 Å². The van der Waals surface area contributed by atoms with E-state index in [0.29, 0.717) is 16.7 Å². The first-order valence-corrected chi connectivity index (χ1v) is 8.39. The summed E-state index contributed by atoms with van der Waals surface area (Å²) in [6, 6.07) is 7.12. The van der Waals surface area contributed by atoms with Crippen LogP contribution < -0.4 is 11.2 Å². The minimum absolute atomic E-state index is 0.122. The fraction of sp³-hybridized carbons (Fsp3) is 0.300. The van der Waals surface area contributed by atoms with Gasteiger partial charge in [0.1, 0.15) is 5.69 Å². The highest BCUT2D eigenvalue weighted by molar-refractivity contribution is 6.09. The summed E-state index contributed by atoms with van der Waals surface area (Å²) in [4.78, 5) is 40.0. The summed E-state index contributed by atoms with van der Waals surface area (Å²) in [5.41, 5.74) is 1.21. The molecule has 0 spiro atoms. The van der Waals surface area contributed by atoms with Crippen molar-refractivity contribution in [3.63, 3.8) is 0 Å². The fourth-order valence-electron chi connectivity index (χ4n) is 2.98. The fourth-order valence-corrected chi connectivity index (χ4v) is 2.98. The molecule has 1 N–H and O–H groups in total. The van der Waals surface area contributed by atoms with Gasteiger partial charge >= 0.3 is 5.69 Å². The molecule has 0 saturated heterocycles. The zero-order valence-corrected chi connectivity index (χ0v) is 15.3. The van der Waals surface area contributed by atoms with E-state index in [0.717, 1.165) is 5.56 Å². The monoisotopic (exact) mass is 351 g/mol. The maximum Gasteiger partial charge on any atom is 0.328 e. The van der Waals surface area contributed by atoms with Crippen LogP contribution in [0.2, 0.25) is 0 Å². The number of carbonyl (C=O) groups excluding carboxylic acids is 1. The van der Waals surface area contributed by atoms with Crippen LogP contribution in [0.1, 0.15) is 59.4 Å². The zero-order valence-electron chi connectivity index (χ0n) is 15.3. The molecule has 0 aliphatic rings. The molecular formula is C20H21N3O3. The lowest BCUT2D eigenvalue weighted by Gasteiger charge is -2.16. The minimum atomic E-state index is -0.595. The van der Waals surface area contributed by atoms with Crippen molar-refractivity contribution >= 4 is 11.9 Å². The second-order valence-electron chi connectivity index (χ2n) is 6.34. The van der Waals surface area contributed by atoms with E-state index in [4.69, 9.17) is 5.26 Å². The number of aromatic nitrogens is 2. The van der Waals surface area contributed by atoms with Crippen LogP contribution in [0.4, 0.5) is 0 Å². The predicted molar refractivity (Wildman–Crippen MR) is 100 cm³/mol. The van der Waals surface area contributed by atoms with Gasteiger partial charge in [0.25, 0.3) is 5.56 Å². The molecule has 0 unspecified atom stereocenters. The molecule has 0 saturated carbocycles. The first-order chi connectivity index (χ1) is 12.3. The van der Waals surface area contributed by atoms with E-state index in [1.165, 1.54) is 10.6 Å². The molecule has 2 aromatic rings. The molecule has 6 nitrogen and oxygen atoms in total. The van der Waals surface area contributed by atoms with Gasteiger partial charge in [0.2, 0.25) is 5.78 Å². The van der Waals surface area contributed by atoms with E-state index in [2.05, 4.69) is 4.98 Å². The molecule has 6 heteroatoms. The SMILES string of the molecule is CCn1c(C(=O)c2cc(C)cc(/C=C/C#N)c2)c(C(C)C)c(=O)[nH]c1=O. The quantitative estimate of drug-likeness (QED) is 0.662. The van der Waals surface area contributed by atoms with E-state index < -0.39 is 11.2 Å². The molecule has 1 aromatic carbocycles. The van der Waals surface area contributed by atoms with Crippen LogP contribution in [0.3, 0.4) is 0 Å². The number of benzene rings is 1. The molecule has 0 aliphatic carbocycles. The summed E-state index contributed by atoms with van der Waals surface area (Å²) in [5, 5.41) is 8.70. The zero-order chi connectivity index (χ0) is 19.4. The van der Waals surface area contributed by atoms with Crippen molar-refractivity contribution in [1.29, 1.82) is 5.26 Å². The Morgan fingerprint density at radius 1 is 1.31 bits per heavy atom. The van der Waals surface area contributed by atoms with E-state index >= 15 is 0 Å². The number of carbonyl (C=O) groups is 1. The normalized spacial score (nSPS) is 11.1. The number of nitriles is 1. The predicted octanol–water partition coefficient (Wildman–Crippen LogP) is 2.76. The van der Waals surface area contributed by atoms with Crippen molar-refractivity contribution in [1.82, 2.24) is 9.55 Å². The number of aromatic amines is 1. The topological polar surface area (TPSA) is 95.7 Å². The summed E-state index contributed by atoms with van der Waals surface area (Å²) < 4.78 is 1.30. The third-order valence-corrected chi connectivity index (χ3v) is 4.06. The van der Waals surface area contributed by atoms with Crippen LogP contribution in [0.5, 0.6) is 0 Å². The Bertz CT molecular complexity index is 1030. The van der Waals surface area contributed by atoms with E-state index in [1.54, 1.807) is 25.1 Å². The average molecular weight is 351 g/mol. The molecule has 0 atom stereocenters. The van der Waals surface area contributed by atoms with Gasteiger partial charge in [-0.3, -0.25) is 19.1 Å². The number of H-pyrrole nitrogens is 1. The maximum atomic E-state index is 13.2. The molecular weight excluding hydrogens is 330 g/mol. The van der Waals surface area contributed by atoms with Crippen molar-refractivity contribution in [2.24, 2.45) is 0 Å². The first-order valence-electron chi connectivity index (χ1n) is 8.39. The largest absolute Gasteiger partial charge is 0.328 e. The molecule has 0 aliphatic heterocycles. The van der Waals surface area contributed by atoms with Crippen molar-refractivity contribution in [2.75, 3.05) is 0 Å². The number of rotatable bonds is 5. The van der Waals surface area contributed by atoms with Gasteiger partial charge in [-0.05, 0) is 49.1 Å². The standard InChI is InChI=1S/C20H21N3O3/c1-5-23-17(16(12(2)3)19(25)22-20(23)26)18(24)15-10-13(4)9-14(11-15)7-6-8-21/h6-7,9-12H,5H2,1-4H3,(H,22,25,26)/b7-6+. The number of allylic oxidation sites excluding steroid dienone is 1. The van der Waals surface area contributed by atoms with Gasteiger partial charge < -0.3 is 0 Å². The lowest BCUT2D eigenvalue weighted by Crippen LogP contribution is -2.37. The summed E-state index contributed by atoms with van der Waals surface area (Å²) >= 11 is 0. The lowest BCUT2D eigenvalue weighted by molar-refractivity contribution is 0.102. The summed E-state index contributed by atoms with van der Waals surface area (Å²) in [6.07, 6.45) is 2.94. The summed E-state index contributed by atoms with van der Waals surface area (Å²) in [5.74, 6) is -0.604. The van der Waals surface area contributed by atoms with Gasteiger partial charge in [0.15, 0.2) is 0 Å². The molecule has 0 radical (unpaired) electrons. The van der Waals surface area contributed by atoms with Crippen LogP contribution in [0.25, 0.3) is 6.08 Å². The average Bonchev–Trinajstić information content (AvgIpc) is 2.57. The number of hydrogen-bond donors (Lipinski definition) is 1. The maximum absolute atomic E-state index is 13.2. The van der Waals surface area contributed by atoms with Crippen molar-refractivity contribution in [2.45, 2.75) is 40.2 Å². The van der Waals surface area contributed by atoms with Crippen molar-refractivity contribution in [3.05, 3.63) is 73.1 Å². The Balaban J connectivity index is 2.77. The van der Waals surface area contributed by atoms with Gasteiger partial charge in [-0.15, -0.1) is 0 Å². The van der Waals surface area contributed by atoms with Gasteiger partial charge in [0, 0.05) is 23.7 Å². The lowest BCUT2D eigenvalue weighted by atomic mass is 9.95. The van der Waals surface area contributed by atoms with Crippen LogP contribution in [0, 0.1) is 18.3 Å². The number of nitrogens with one attached hydrogen (secondary N) is 1. The highest BCUT2D eigenvalue weighted by Crippen LogP contribution is 2.20. The van der Waals surface area contributed by atoms with Crippen LogP contribution in [-0.2, 0) is 6.54 Å². The molecule has 0 amide bonds. The van der Waals surface area contributed by atoms with Gasteiger partial charge in [-0.1, -0.05) is 19.9 Å². The van der Waals surface area contributed by atoms with Gasteiger partial charge in [0.05, 0.1) is 6.07 Å². The summed E-state index contributed by atoms with van der Waals surface area (Å²) in [6.45, 7) is 7.47. The highest BCUT2D eigenvalue weighted by Gasteiger charge is 2.24. The molecule has 26 heavy (non-hydrogen) atoms. The number of ketones is 1. The van der Waals surface area contributed by atoms with Gasteiger partial charge in [-0.2, -0.15) is 5.26 Å². The van der Waals surface area contributed by atoms with E-state index in [-0.39, 0.29) is 23.9 Å². The molecule has 2 rings (SSSR count). The first kappa shape index (κ1) is 19.1. The highest BCUT2D eigenvalue weighted by atomic mass is 16.2. The van der Waals surface area contributed by atoms with Gasteiger partial charge in [-0.25, -0.2) is 4.79 Å². The van der Waals surface area contributed by atoms with E-state index in [9.17, 15) is 14.4 Å². The Labute approximate surface area is 151 Å². The second-order valence-corrected chi connectivity index (χ2v) is 6.34. The molecule has 1 aromatic heterocycles. The Kier molecular flexibility index (Phi) is 5.73. The Morgan fingerprint density at radius 2 is 2.00 bits per heavy atom. The van der Waals surface area contributed by atoms with Crippen LogP contribution >= 0.6 is 0 Å². The van der Waals surface area contributed by atoms with Crippen molar-refractivity contribution < 1.29 is 4.79 Å². The van der Waals surface area contributed by atoms with Crippen LogP contribution in [-0.4, -0.2) is 15.3 Å². The smallest absolute Gasteiger partial charge is 0.290 e. The third-order valence-electron chi connectivity index (χ3n) is 4.06. The molecule has 1 heterocycles. The second kappa shape index (κ2) is 7.79. The number of nitrogens with zero attached hydrogens (tertiary/aromatic N) is 2. The van der Waals surface area contributed by atoms with E-state index in [1.807, 2.05) is 32.9 Å². The number of hydrogen-bond acceptors (Lipinski definition) is 4. The Hall–Kier alpha value is -3.20. The van der Waals surface area contributed by atoms with Crippen LogP contribution in [0.15, 0.2) is 33.9 Å². The summed E-state index contributed by atoms with van der Waals surface area (Å²) in [7, 11) is 0.